The first kappa shape index (κ1) is 30.7. The van der Waals surface area contributed by atoms with Crippen LogP contribution in [0.15, 0.2) is 0 Å². The zero-order valence-electron chi connectivity index (χ0n) is 19.3. The smallest absolute Gasteiger partial charge is 0.326 e. The van der Waals surface area contributed by atoms with E-state index in [2.05, 4.69) is 16.0 Å². The molecule has 0 saturated heterocycles. The molecule has 0 fully saturated rings. The van der Waals surface area contributed by atoms with Crippen molar-refractivity contribution in [2.24, 2.45) is 17.4 Å². The van der Waals surface area contributed by atoms with Gasteiger partial charge >= 0.3 is 17.9 Å². The fraction of sp³-hybridized carbons (Fsp3) is 0.700. The number of nitrogens with two attached hydrogens (primary N) is 2. The first-order valence-electron chi connectivity index (χ1n) is 10.9. The molecule has 0 heterocycles. The highest BCUT2D eigenvalue weighted by Crippen LogP contribution is 2.11. The minimum Gasteiger partial charge on any atom is -0.481 e. The molecule has 194 valence electrons. The maximum Gasteiger partial charge on any atom is 0.326 e. The van der Waals surface area contributed by atoms with Gasteiger partial charge in [-0.25, -0.2) is 4.79 Å². The monoisotopic (exact) mass is 489 g/mol. The Morgan fingerprint density at radius 1 is 0.794 bits per heavy atom. The summed E-state index contributed by atoms with van der Waals surface area (Å²) in [7, 11) is 0. The molecule has 0 saturated carbocycles. The third-order valence-corrected chi connectivity index (χ3v) is 5.10. The summed E-state index contributed by atoms with van der Waals surface area (Å²) in [5.74, 6) is -7.29. The number of hydrogen-bond acceptors (Lipinski definition) is 8. The minimum absolute atomic E-state index is 0.125. The predicted molar refractivity (Wildman–Crippen MR) is 118 cm³/mol. The van der Waals surface area contributed by atoms with Crippen molar-refractivity contribution in [2.45, 2.75) is 76.5 Å². The van der Waals surface area contributed by atoms with Gasteiger partial charge in [0.05, 0.1) is 18.9 Å². The van der Waals surface area contributed by atoms with E-state index >= 15 is 0 Å². The number of carbonyl (C=O) groups excluding carboxylic acids is 3. The Morgan fingerprint density at radius 3 is 1.82 bits per heavy atom. The Morgan fingerprint density at radius 2 is 1.35 bits per heavy atom. The molecule has 14 heteroatoms. The molecule has 0 aliphatic carbocycles. The topological polar surface area (TPSA) is 251 Å². The second-order valence-electron chi connectivity index (χ2n) is 7.92. The Bertz CT molecular complexity index is 746. The molecule has 0 aromatic heterocycles. The highest BCUT2D eigenvalue weighted by Gasteiger charge is 2.33. The first-order valence-corrected chi connectivity index (χ1v) is 10.9. The number of carboxylic acids is 3. The van der Waals surface area contributed by atoms with Gasteiger partial charge in [-0.15, -0.1) is 0 Å². The molecule has 0 aromatic rings. The highest BCUT2D eigenvalue weighted by atomic mass is 16.4. The second-order valence-corrected chi connectivity index (χ2v) is 7.92. The van der Waals surface area contributed by atoms with E-state index in [1.54, 1.807) is 13.8 Å². The maximum absolute atomic E-state index is 12.9. The Hall–Kier alpha value is -3.26. The minimum atomic E-state index is -1.71. The van der Waals surface area contributed by atoms with Crippen molar-refractivity contribution < 1.29 is 44.1 Å². The van der Waals surface area contributed by atoms with Gasteiger partial charge in [-0.1, -0.05) is 20.3 Å². The summed E-state index contributed by atoms with van der Waals surface area (Å²) >= 11 is 0. The zero-order chi connectivity index (χ0) is 26.4. The van der Waals surface area contributed by atoms with Gasteiger partial charge in [0.1, 0.15) is 18.1 Å². The molecule has 0 aliphatic rings. The highest BCUT2D eigenvalue weighted by molar-refractivity contribution is 5.95. The third kappa shape index (κ3) is 11.6. The number of carbonyl (C=O) groups is 6. The number of amides is 3. The molecule has 0 bridgehead atoms. The van der Waals surface area contributed by atoms with Crippen LogP contribution in [0.3, 0.4) is 0 Å². The van der Waals surface area contributed by atoms with Crippen LogP contribution in [-0.2, 0) is 28.8 Å². The molecule has 0 spiro atoms. The molecular weight excluding hydrogens is 454 g/mol. The summed E-state index contributed by atoms with van der Waals surface area (Å²) in [6, 6.07) is -5.49. The average molecular weight is 490 g/mol. The number of carboxylic acid groups (broad SMARTS) is 3. The van der Waals surface area contributed by atoms with Crippen LogP contribution in [0.4, 0.5) is 0 Å². The predicted octanol–water partition coefficient (Wildman–Crippen LogP) is -2.02. The van der Waals surface area contributed by atoms with Crippen LogP contribution in [-0.4, -0.2) is 81.7 Å². The summed E-state index contributed by atoms with van der Waals surface area (Å²) in [6.07, 6.45) is -0.0140. The van der Waals surface area contributed by atoms with E-state index < -0.39 is 78.6 Å². The summed E-state index contributed by atoms with van der Waals surface area (Å²) < 4.78 is 0. The molecule has 0 aromatic carbocycles. The van der Waals surface area contributed by atoms with Crippen LogP contribution in [0, 0.1) is 5.92 Å². The average Bonchev–Trinajstić information content (AvgIpc) is 2.74. The van der Waals surface area contributed by atoms with Crippen molar-refractivity contribution in [3.05, 3.63) is 0 Å². The van der Waals surface area contributed by atoms with Gasteiger partial charge in [0, 0.05) is 0 Å². The van der Waals surface area contributed by atoms with Crippen LogP contribution in [0.2, 0.25) is 0 Å². The van der Waals surface area contributed by atoms with Gasteiger partial charge in [-0.3, -0.25) is 24.0 Å². The normalized spacial score (nSPS) is 15.2. The largest absolute Gasteiger partial charge is 0.481 e. The van der Waals surface area contributed by atoms with E-state index in [1.165, 1.54) is 0 Å². The molecular formula is C20H35N5O9. The van der Waals surface area contributed by atoms with Crippen LogP contribution < -0.4 is 27.4 Å². The van der Waals surface area contributed by atoms with Crippen molar-refractivity contribution >= 4 is 35.6 Å². The fourth-order valence-electron chi connectivity index (χ4n) is 2.91. The number of rotatable bonds is 17. The van der Waals surface area contributed by atoms with Crippen molar-refractivity contribution in [3.8, 4) is 0 Å². The van der Waals surface area contributed by atoms with Gasteiger partial charge in [0.15, 0.2) is 0 Å². The van der Waals surface area contributed by atoms with Crippen molar-refractivity contribution in [1.82, 2.24) is 16.0 Å². The summed E-state index contributed by atoms with van der Waals surface area (Å²) in [6.45, 7) is 3.69. The Labute approximate surface area is 196 Å². The summed E-state index contributed by atoms with van der Waals surface area (Å²) in [5, 5.41) is 33.8. The summed E-state index contributed by atoms with van der Waals surface area (Å²) in [5.41, 5.74) is 11.0. The second kappa shape index (κ2) is 15.6. The molecule has 0 rings (SSSR count). The van der Waals surface area contributed by atoms with E-state index in [0.29, 0.717) is 25.8 Å². The Balaban J connectivity index is 5.59. The lowest BCUT2D eigenvalue weighted by Crippen LogP contribution is -2.58. The van der Waals surface area contributed by atoms with E-state index in [9.17, 15) is 33.9 Å². The molecule has 3 amide bonds. The maximum atomic E-state index is 12.9. The molecule has 5 unspecified atom stereocenters. The lowest BCUT2D eigenvalue weighted by molar-refractivity contribution is -0.147. The van der Waals surface area contributed by atoms with Gasteiger partial charge < -0.3 is 42.7 Å². The molecule has 34 heavy (non-hydrogen) atoms. The van der Waals surface area contributed by atoms with Gasteiger partial charge in [-0.2, -0.15) is 0 Å². The molecule has 0 aliphatic heterocycles. The van der Waals surface area contributed by atoms with E-state index in [-0.39, 0.29) is 6.42 Å². The Kier molecular flexibility index (Phi) is 14.1. The van der Waals surface area contributed by atoms with Crippen LogP contribution >= 0.6 is 0 Å². The third-order valence-electron chi connectivity index (χ3n) is 5.10. The van der Waals surface area contributed by atoms with Crippen LogP contribution in [0.25, 0.3) is 0 Å². The zero-order valence-corrected chi connectivity index (χ0v) is 19.3. The molecule has 5 atom stereocenters. The standard InChI is InChI=1S/C20H35N5O9/c1-3-10(2)16(19(32)24-13(20(33)34)9-15(28)29)25-18(31)12(6-4-5-7-21)23-17(30)11(22)8-14(26)27/h10-13,16H,3-9,21-22H2,1-2H3,(H,23,30)(H,24,32)(H,25,31)(H,26,27)(H,28,29)(H,33,34). The SMILES string of the molecule is CCC(C)C(NC(=O)C(CCCCN)NC(=O)C(N)CC(=O)O)C(=O)NC(CC(=O)O)C(=O)O. The van der Waals surface area contributed by atoms with E-state index in [4.69, 9.17) is 21.7 Å². The lowest BCUT2D eigenvalue weighted by atomic mass is 9.96. The van der Waals surface area contributed by atoms with Gasteiger partial charge in [-0.05, 0) is 31.7 Å². The van der Waals surface area contributed by atoms with E-state index in [0.717, 1.165) is 0 Å². The van der Waals surface area contributed by atoms with Gasteiger partial charge in [0.2, 0.25) is 17.7 Å². The molecule has 14 nitrogen and oxygen atoms in total. The van der Waals surface area contributed by atoms with Crippen LogP contribution in [0.1, 0.15) is 52.4 Å². The number of nitrogens with one attached hydrogen (secondary N) is 3. The van der Waals surface area contributed by atoms with Gasteiger partial charge in [0.25, 0.3) is 0 Å². The number of unbranched alkanes of at least 4 members (excludes halogenated alkanes) is 1. The molecule has 0 radical (unpaired) electrons. The quantitative estimate of drug-likeness (QED) is 0.103. The van der Waals surface area contributed by atoms with Crippen LogP contribution in [0.5, 0.6) is 0 Å². The number of aliphatic carboxylic acids is 3. The lowest BCUT2D eigenvalue weighted by Gasteiger charge is -2.28. The van der Waals surface area contributed by atoms with Crippen molar-refractivity contribution in [1.29, 1.82) is 0 Å². The molecule has 10 N–H and O–H groups in total. The fourth-order valence-corrected chi connectivity index (χ4v) is 2.91. The van der Waals surface area contributed by atoms with Crippen molar-refractivity contribution in [2.75, 3.05) is 6.54 Å². The summed E-state index contributed by atoms with van der Waals surface area (Å²) in [4.78, 5) is 70.9. The number of hydrogen-bond donors (Lipinski definition) is 8. The van der Waals surface area contributed by atoms with E-state index in [1.807, 2.05) is 0 Å². The van der Waals surface area contributed by atoms with Crippen molar-refractivity contribution in [3.63, 3.8) is 0 Å². The first-order chi connectivity index (χ1) is 15.8.